The maximum atomic E-state index is 13.1. The van der Waals surface area contributed by atoms with Gasteiger partial charge in [-0.05, 0) is 51.0 Å². The summed E-state index contributed by atoms with van der Waals surface area (Å²) < 4.78 is 19.2. The number of thiophene rings is 1. The molecule has 1 heterocycles. The zero-order chi connectivity index (χ0) is 12.3. The minimum absolute atomic E-state index is 0.196. The van der Waals surface area contributed by atoms with Crippen LogP contribution < -0.4 is 10.5 Å². The lowest BCUT2D eigenvalue weighted by Crippen LogP contribution is -2.17. The van der Waals surface area contributed by atoms with Gasteiger partial charge in [0.2, 0.25) is 0 Å². The standard InChI is InChI=1S/C12H11BrFNOS/c13-10-5-9(1-2-11(10)14)16-12(6-15)8-3-4-17-7-8/h1-5,7,12H,6,15H2. The van der Waals surface area contributed by atoms with E-state index in [-0.39, 0.29) is 11.9 Å². The number of rotatable bonds is 4. The summed E-state index contributed by atoms with van der Waals surface area (Å²) >= 11 is 4.72. The number of nitrogens with two attached hydrogens (primary N) is 1. The molecule has 1 aromatic carbocycles. The lowest BCUT2D eigenvalue weighted by molar-refractivity contribution is 0.214. The smallest absolute Gasteiger partial charge is 0.137 e. The van der Waals surface area contributed by atoms with Crippen LogP contribution in [0.2, 0.25) is 0 Å². The van der Waals surface area contributed by atoms with E-state index < -0.39 is 0 Å². The molecule has 2 nitrogen and oxygen atoms in total. The zero-order valence-electron chi connectivity index (χ0n) is 8.90. The summed E-state index contributed by atoms with van der Waals surface area (Å²) in [7, 11) is 0. The third-order valence-corrected chi connectivity index (χ3v) is 3.61. The predicted octanol–water partition coefficient (Wildman–Crippen LogP) is 3.73. The van der Waals surface area contributed by atoms with E-state index in [4.69, 9.17) is 10.5 Å². The lowest BCUT2D eigenvalue weighted by Gasteiger charge is -2.16. The van der Waals surface area contributed by atoms with Crippen LogP contribution in [0.15, 0.2) is 39.5 Å². The van der Waals surface area contributed by atoms with Crippen molar-refractivity contribution >= 4 is 27.3 Å². The first-order valence-electron chi connectivity index (χ1n) is 5.04. The monoisotopic (exact) mass is 315 g/mol. The van der Waals surface area contributed by atoms with Crippen molar-refractivity contribution in [2.45, 2.75) is 6.10 Å². The van der Waals surface area contributed by atoms with Gasteiger partial charge in [-0.1, -0.05) is 0 Å². The summed E-state index contributed by atoms with van der Waals surface area (Å²) in [5, 5.41) is 3.97. The normalized spacial score (nSPS) is 12.4. The molecule has 0 saturated heterocycles. The van der Waals surface area contributed by atoms with E-state index in [1.807, 2.05) is 16.8 Å². The maximum Gasteiger partial charge on any atom is 0.137 e. The molecule has 0 aliphatic carbocycles. The number of halogens is 2. The summed E-state index contributed by atoms with van der Waals surface area (Å²) in [6.07, 6.45) is -0.196. The number of ether oxygens (including phenoxy) is 1. The molecule has 90 valence electrons. The highest BCUT2D eigenvalue weighted by atomic mass is 79.9. The Labute approximate surface area is 111 Å². The van der Waals surface area contributed by atoms with E-state index in [1.54, 1.807) is 23.5 Å². The first-order chi connectivity index (χ1) is 8.20. The Morgan fingerprint density at radius 1 is 1.41 bits per heavy atom. The quantitative estimate of drug-likeness (QED) is 0.933. The van der Waals surface area contributed by atoms with E-state index in [0.717, 1.165) is 5.56 Å². The number of benzene rings is 1. The molecule has 1 aromatic heterocycles. The molecule has 0 amide bonds. The molecule has 0 aliphatic heterocycles. The molecule has 2 N–H and O–H groups in total. The van der Waals surface area contributed by atoms with Crippen molar-refractivity contribution in [2.75, 3.05) is 6.54 Å². The van der Waals surface area contributed by atoms with Gasteiger partial charge >= 0.3 is 0 Å². The van der Waals surface area contributed by atoms with Gasteiger partial charge < -0.3 is 10.5 Å². The van der Waals surface area contributed by atoms with Gasteiger partial charge in [0.25, 0.3) is 0 Å². The van der Waals surface area contributed by atoms with Gasteiger partial charge in [0, 0.05) is 12.1 Å². The summed E-state index contributed by atoms with van der Waals surface area (Å²) in [5.74, 6) is 0.289. The Kier molecular flexibility index (Phi) is 4.15. The van der Waals surface area contributed by atoms with Crippen molar-refractivity contribution in [3.05, 3.63) is 50.9 Å². The van der Waals surface area contributed by atoms with Crippen LogP contribution in [0.25, 0.3) is 0 Å². The van der Waals surface area contributed by atoms with Crippen LogP contribution >= 0.6 is 27.3 Å². The highest BCUT2D eigenvalue weighted by Crippen LogP contribution is 2.26. The van der Waals surface area contributed by atoms with Gasteiger partial charge in [-0.15, -0.1) is 0 Å². The van der Waals surface area contributed by atoms with Crippen LogP contribution in [-0.4, -0.2) is 6.54 Å². The largest absolute Gasteiger partial charge is 0.484 e. The molecule has 0 saturated carbocycles. The van der Waals surface area contributed by atoms with Crippen molar-refractivity contribution in [2.24, 2.45) is 5.73 Å². The molecular weight excluding hydrogens is 305 g/mol. The van der Waals surface area contributed by atoms with Gasteiger partial charge in [-0.2, -0.15) is 11.3 Å². The van der Waals surface area contributed by atoms with Crippen LogP contribution in [-0.2, 0) is 0 Å². The fourth-order valence-corrected chi connectivity index (χ4v) is 2.48. The Morgan fingerprint density at radius 2 is 2.24 bits per heavy atom. The first-order valence-corrected chi connectivity index (χ1v) is 6.78. The molecule has 2 aromatic rings. The zero-order valence-corrected chi connectivity index (χ0v) is 11.3. The Morgan fingerprint density at radius 3 is 2.82 bits per heavy atom. The Hall–Kier alpha value is -0.910. The molecule has 0 aliphatic rings. The van der Waals surface area contributed by atoms with Gasteiger partial charge in [0.05, 0.1) is 4.47 Å². The second kappa shape index (κ2) is 5.62. The van der Waals surface area contributed by atoms with E-state index in [2.05, 4.69) is 15.9 Å². The van der Waals surface area contributed by atoms with Crippen LogP contribution in [0.1, 0.15) is 11.7 Å². The minimum Gasteiger partial charge on any atom is -0.484 e. The highest BCUT2D eigenvalue weighted by Gasteiger charge is 2.12. The Balaban J connectivity index is 2.16. The van der Waals surface area contributed by atoms with Crippen molar-refractivity contribution in [1.82, 2.24) is 0 Å². The summed E-state index contributed by atoms with van der Waals surface area (Å²) in [6, 6.07) is 6.53. The third kappa shape index (κ3) is 3.06. The molecular formula is C12H11BrFNOS. The second-order valence-corrected chi connectivity index (χ2v) is 5.11. The van der Waals surface area contributed by atoms with Crippen LogP contribution in [0.3, 0.4) is 0 Å². The van der Waals surface area contributed by atoms with Crippen molar-refractivity contribution in [3.63, 3.8) is 0 Å². The molecule has 2 rings (SSSR count). The van der Waals surface area contributed by atoms with Crippen molar-refractivity contribution in [3.8, 4) is 5.75 Å². The van der Waals surface area contributed by atoms with E-state index in [9.17, 15) is 4.39 Å². The first kappa shape index (κ1) is 12.5. The SMILES string of the molecule is NCC(Oc1ccc(F)c(Br)c1)c1ccsc1. The van der Waals surface area contributed by atoms with Crippen LogP contribution in [0.5, 0.6) is 5.75 Å². The third-order valence-electron chi connectivity index (χ3n) is 2.30. The van der Waals surface area contributed by atoms with Crippen LogP contribution in [0, 0.1) is 5.82 Å². The lowest BCUT2D eigenvalue weighted by atomic mass is 10.2. The van der Waals surface area contributed by atoms with E-state index >= 15 is 0 Å². The van der Waals surface area contributed by atoms with E-state index in [1.165, 1.54) is 6.07 Å². The molecule has 5 heteroatoms. The fourth-order valence-electron chi connectivity index (χ4n) is 1.42. The van der Waals surface area contributed by atoms with Gasteiger partial charge in [-0.25, -0.2) is 4.39 Å². The Bertz CT molecular complexity index is 489. The van der Waals surface area contributed by atoms with Gasteiger partial charge in [0.15, 0.2) is 0 Å². The van der Waals surface area contributed by atoms with E-state index in [0.29, 0.717) is 16.8 Å². The molecule has 0 bridgehead atoms. The summed E-state index contributed by atoms with van der Waals surface area (Å²) in [6.45, 7) is 0.381. The molecule has 0 fully saturated rings. The van der Waals surface area contributed by atoms with Gasteiger partial charge in [0.1, 0.15) is 17.7 Å². The topological polar surface area (TPSA) is 35.2 Å². The number of hydrogen-bond acceptors (Lipinski definition) is 3. The molecule has 1 atom stereocenters. The highest BCUT2D eigenvalue weighted by molar-refractivity contribution is 9.10. The maximum absolute atomic E-state index is 13.1. The average molecular weight is 316 g/mol. The molecule has 0 radical (unpaired) electrons. The van der Waals surface area contributed by atoms with Crippen molar-refractivity contribution < 1.29 is 9.13 Å². The molecule has 17 heavy (non-hydrogen) atoms. The fraction of sp³-hybridized carbons (Fsp3) is 0.167. The predicted molar refractivity (Wildman–Crippen MR) is 70.8 cm³/mol. The van der Waals surface area contributed by atoms with Gasteiger partial charge in [-0.3, -0.25) is 0 Å². The average Bonchev–Trinajstić information content (AvgIpc) is 2.84. The molecule has 0 spiro atoms. The second-order valence-electron chi connectivity index (χ2n) is 3.47. The van der Waals surface area contributed by atoms with Crippen molar-refractivity contribution in [1.29, 1.82) is 0 Å². The summed E-state index contributed by atoms with van der Waals surface area (Å²) in [4.78, 5) is 0. The van der Waals surface area contributed by atoms with Crippen LogP contribution in [0.4, 0.5) is 4.39 Å². The minimum atomic E-state index is -0.308. The number of hydrogen-bond donors (Lipinski definition) is 1. The molecule has 1 unspecified atom stereocenters. The summed E-state index contributed by atoms with van der Waals surface area (Å²) in [5.41, 5.74) is 6.71.